The second-order valence-electron chi connectivity index (χ2n) is 6.69. The molecule has 1 nitrogen and oxygen atoms in total. The van der Waals surface area contributed by atoms with Gasteiger partial charge in [0.2, 0.25) is 0 Å². The number of benzene rings is 3. The van der Waals surface area contributed by atoms with Crippen molar-refractivity contribution in [2.45, 2.75) is 32.6 Å². The average Bonchev–Trinajstić information content (AvgIpc) is 2.69. The van der Waals surface area contributed by atoms with E-state index in [2.05, 4.69) is 6.92 Å². The molecular formula is C24H24F2O. The summed E-state index contributed by atoms with van der Waals surface area (Å²) >= 11 is 0. The number of aryl methyl sites for hydroxylation is 1. The number of rotatable bonds is 7. The van der Waals surface area contributed by atoms with Crippen LogP contribution in [0.15, 0.2) is 60.7 Å². The van der Waals surface area contributed by atoms with Crippen LogP contribution in [-0.4, -0.2) is 7.11 Å². The van der Waals surface area contributed by atoms with Gasteiger partial charge in [-0.1, -0.05) is 56.2 Å². The maximum Gasteiger partial charge on any atom is 0.131 e. The lowest BCUT2D eigenvalue weighted by molar-refractivity contribution is 0.415. The van der Waals surface area contributed by atoms with Gasteiger partial charge in [0, 0.05) is 5.56 Å². The number of methoxy groups -OCH3 is 1. The third-order valence-corrected chi connectivity index (χ3v) is 4.81. The van der Waals surface area contributed by atoms with E-state index >= 15 is 0 Å². The minimum absolute atomic E-state index is 0.262. The fraction of sp³-hybridized carbons (Fsp3) is 0.250. The molecule has 3 rings (SSSR count). The van der Waals surface area contributed by atoms with Crippen molar-refractivity contribution in [1.82, 2.24) is 0 Å². The minimum atomic E-state index is -0.360. The van der Waals surface area contributed by atoms with E-state index < -0.39 is 0 Å². The average molecular weight is 366 g/mol. The van der Waals surface area contributed by atoms with E-state index in [-0.39, 0.29) is 11.6 Å². The highest BCUT2D eigenvalue weighted by molar-refractivity contribution is 5.71. The van der Waals surface area contributed by atoms with Gasteiger partial charge in [-0.2, -0.15) is 0 Å². The molecule has 0 N–H and O–H groups in total. The quantitative estimate of drug-likeness (QED) is 0.407. The lowest BCUT2D eigenvalue weighted by Crippen LogP contribution is -1.93. The molecule has 0 aliphatic rings. The summed E-state index contributed by atoms with van der Waals surface area (Å²) in [5, 5.41) is 0. The zero-order valence-corrected chi connectivity index (χ0v) is 15.8. The van der Waals surface area contributed by atoms with Crippen LogP contribution in [0.5, 0.6) is 5.75 Å². The summed E-state index contributed by atoms with van der Waals surface area (Å²) in [4.78, 5) is 0. The number of hydrogen-bond acceptors (Lipinski definition) is 1. The van der Waals surface area contributed by atoms with E-state index in [1.54, 1.807) is 25.3 Å². The molecule has 0 aliphatic carbocycles. The Labute approximate surface area is 159 Å². The van der Waals surface area contributed by atoms with Gasteiger partial charge >= 0.3 is 0 Å². The Kier molecular flexibility index (Phi) is 6.23. The molecule has 140 valence electrons. The highest BCUT2D eigenvalue weighted by Gasteiger charge is 2.10. The smallest absolute Gasteiger partial charge is 0.131 e. The molecule has 3 aromatic carbocycles. The molecule has 0 amide bonds. The van der Waals surface area contributed by atoms with Gasteiger partial charge < -0.3 is 4.74 Å². The summed E-state index contributed by atoms with van der Waals surface area (Å²) in [6.45, 7) is 2.12. The van der Waals surface area contributed by atoms with Crippen LogP contribution in [0.1, 0.15) is 31.7 Å². The molecule has 0 radical (unpaired) electrons. The first-order valence-electron chi connectivity index (χ1n) is 9.35. The zero-order valence-electron chi connectivity index (χ0n) is 15.8. The number of ether oxygens (including phenoxy) is 1. The number of unbranched alkanes of at least 4 members (excludes halogenated alkanes) is 2. The molecular weight excluding hydrogens is 342 g/mol. The van der Waals surface area contributed by atoms with Crippen LogP contribution in [0.4, 0.5) is 8.78 Å². The third-order valence-electron chi connectivity index (χ3n) is 4.81. The Hall–Kier alpha value is -2.68. The lowest BCUT2D eigenvalue weighted by atomic mass is 9.97. The molecule has 0 heterocycles. The van der Waals surface area contributed by atoms with Crippen LogP contribution in [0, 0.1) is 11.6 Å². The van der Waals surface area contributed by atoms with Gasteiger partial charge in [-0.15, -0.1) is 0 Å². The van der Waals surface area contributed by atoms with Gasteiger partial charge in [0.05, 0.1) is 7.11 Å². The van der Waals surface area contributed by atoms with E-state index in [0.29, 0.717) is 16.7 Å². The molecule has 0 atom stereocenters. The zero-order chi connectivity index (χ0) is 19.2. The molecule has 0 aliphatic heterocycles. The fourth-order valence-electron chi connectivity index (χ4n) is 3.20. The second-order valence-corrected chi connectivity index (χ2v) is 6.69. The molecule has 0 saturated heterocycles. The Morgan fingerprint density at radius 1 is 0.741 bits per heavy atom. The lowest BCUT2D eigenvalue weighted by Gasteiger charge is -2.10. The predicted molar refractivity (Wildman–Crippen MR) is 107 cm³/mol. The summed E-state index contributed by atoms with van der Waals surface area (Å²) < 4.78 is 34.2. The molecule has 0 fully saturated rings. The molecule has 0 bridgehead atoms. The fourth-order valence-corrected chi connectivity index (χ4v) is 3.20. The number of hydrogen-bond donors (Lipinski definition) is 0. The van der Waals surface area contributed by atoms with Crippen molar-refractivity contribution >= 4 is 0 Å². The highest BCUT2D eigenvalue weighted by Crippen LogP contribution is 2.30. The SMILES string of the molecule is CCCCCc1ccc(-c2ccc(-c3ccc(OC)cc3)cc2F)cc1F. The largest absolute Gasteiger partial charge is 0.497 e. The monoisotopic (exact) mass is 366 g/mol. The first kappa shape index (κ1) is 19.1. The maximum absolute atomic E-state index is 14.7. The predicted octanol–water partition coefficient (Wildman–Crippen LogP) is 7.04. The van der Waals surface area contributed by atoms with Crippen molar-refractivity contribution in [3.8, 4) is 28.0 Å². The molecule has 0 aromatic heterocycles. The summed E-state index contributed by atoms with van der Waals surface area (Å²) in [5.74, 6) is 0.133. The minimum Gasteiger partial charge on any atom is -0.497 e. The van der Waals surface area contributed by atoms with Gasteiger partial charge in [-0.25, -0.2) is 8.78 Å². The summed E-state index contributed by atoms with van der Waals surface area (Å²) in [5.41, 5.74) is 3.34. The normalized spacial score (nSPS) is 10.8. The second kappa shape index (κ2) is 8.81. The van der Waals surface area contributed by atoms with Crippen molar-refractivity contribution in [2.75, 3.05) is 7.11 Å². The first-order valence-corrected chi connectivity index (χ1v) is 9.35. The molecule has 0 spiro atoms. The van der Waals surface area contributed by atoms with E-state index in [9.17, 15) is 8.78 Å². The van der Waals surface area contributed by atoms with Crippen molar-refractivity contribution in [3.05, 3.63) is 77.9 Å². The molecule has 0 unspecified atom stereocenters. The van der Waals surface area contributed by atoms with Crippen molar-refractivity contribution in [3.63, 3.8) is 0 Å². The van der Waals surface area contributed by atoms with E-state index in [4.69, 9.17) is 4.74 Å². The summed E-state index contributed by atoms with van der Waals surface area (Å²) in [6.07, 6.45) is 3.88. The van der Waals surface area contributed by atoms with Crippen LogP contribution in [0.2, 0.25) is 0 Å². The van der Waals surface area contributed by atoms with Crippen LogP contribution in [0.25, 0.3) is 22.3 Å². The number of halogens is 2. The Balaban J connectivity index is 1.83. The Morgan fingerprint density at radius 3 is 2.04 bits per heavy atom. The van der Waals surface area contributed by atoms with E-state index in [1.165, 1.54) is 12.1 Å². The van der Waals surface area contributed by atoms with Gasteiger partial charge in [0.1, 0.15) is 17.4 Å². The summed E-state index contributed by atoms with van der Waals surface area (Å²) in [7, 11) is 1.61. The topological polar surface area (TPSA) is 9.23 Å². The van der Waals surface area contributed by atoms with Gasteiger partial charge in [-0.05, 0) is 59.4 Å². The van der Waals surface area contributed by atoms with E-state index in [1.807, 2.05) is 30.3 Å². The first-order chi connectivity index (χ1) is 13.1. The molecule has 0 saturated carbocycles. The van der Waals surface area contributed by atoms with Crippen molar-refractivity contribution in [1.29, 1.82) is 0 Å². The van der Waals surface area contributed by atoms with Crippen LogP contribution in [0.3, 0.4) is 0 Å². The molecule has 3 heteroatoms. The van der Waals surface area contributed by atoms with Gasteiger partial charge in [0.15, 0.2) is 0 Å². The van der Waals surface area contributed by atoms with Gasteiger partial charge in [0.25, 0.3) is 0 Å². The third kappa shape index (κ3) is 4.54. The maximum atomic E-state index is 14.7. The standard InChI is InChI=1S/C24H24F2O/c1-3-4-5-6-18-7-8-20(16-23(18)25)22-14-11-19(15-24(22)26)17-9-12-21(27-2)13-10-17/h7-16H,3-6H2,1-2H3. The van der Waals surface area contributed by atoms with Crippen LogP contribution >= 0.6 is 0 Å². The van der Waals surface area contributed by atoms with Crippen LogP contribution in [-0.2, 0) is 6.42 Å². The van der Waals surface area contributed by atoms with E-state index in [0.717, 1.165) is 42.6 Å². The highest BCUT2D eigenvalue weighted by atomic mass is 19.1. The van der Waals surface area contributed by atoms with Gasteiger partial charge in [-0.3, -0.25) is 0 Å². The Bertz CT molecular complexity index is 901. The van der Waals surface area contributed by atoms with Crippen LogP contribution < -0.4 is 4.74 Å². The summed E-state index contributed by atoms with van der Waals surface area (Å²) in [6, 6.07) is 17.5. The molecule has 3 aromatic rings. The molecule has 27 heavy (non-hydrogen) atoms. The van der Waals surface area contributed by atoms with Crippen molar-refractivity contribution < 1.29 is 13.5 Å². The van der Waals surface area contributed by atoms with Crippen molar-refractivity contribution in [2.24, 2.45) is 0 Å². The Morgan fingerprint density at radius 2 is 1.41 bits per heavy atom.